The lowest BCUT2D eigenvalue weighted by atomic mass is 10.2. The number of halogens is 1. The van der Waals surface area contributed by atoms with Gasteiger partial charge in [-0.2, -0.15) is 0 Å². The molecule has 0 amide bonds. The molecular weight excluding hydrogens is 295 g/mol. The van der Waals surface area contributed by atoms with E-state index in [2.05, 4.69) is 9.71 Å². The summed E-state index contributed by atoms with van der Waals surface area (Å²) in [6, 6.07) is 5.22. The standard InChI is InChI=1S/C14H15FN2O3S/c1-10-7-16-5-4-12(10)8-17-21(19,20)14-3-2-11(9-18)6-13(14)15/h2-7,17-18H,8-9H2,1H3. The predicted octanol–water partition coefficient (Wildman–Crippen LogP) is 1.50. The normalized spacial score (nSPS) is 11.6. The fourth-order valence-corrected chi connectivity index (χ4v) is 2.88. The van der Waals surface area contributed by atoms with Crippen molar-refractivity contribution in [1.82, 2.24) is 9.71 Å². The highest BCUT2D eigenvalue weighted by Crippen LogP contribution is 2.17. The quantitative estimate of drug-likeness (QED) is 0.877. The molecule has 1 heterocycles. The van der Waals surface area contributed by atoms with Crippen molar-refractivity contribution >= 4 is 10.0 Å². The van der Waals surface area contributed by atoms with Crippen molar-refractivity contribution in [3.05, 3.63) is 59.2 Å². The zero-order chi connectivity index (χ0) is 15.5. The number of aryl methyl sites for hydroxylation is 1. The first kappa shape index (κ1) is 15.6. The van der Waals surface area contributed by atoms with E-state index in [0.29, 0.717) is 5.56 Å². The average molecular weight is 310 g/mol. The second-order valence-corrected chi connectivity index (χ2v) is 6.28. The van der Waals surface area contributed by atoms with Gasteiger partial charge in [0, 0.05) is 18.9 Å². The molecule has 0 spiro atoms. The van der Waals surface area contributed by atoms with Crippen LogP contribution in [0.3, 0.4) is 0 Å². The number of pyridine rings is 1. The first-order valence-electron chi connectivity index (χ1n) is 6.22. The van der Waals surface area contributed by atoms with Crippen molar-refractivity contribution in [1.29, 1.82) is 0 Å². The number of hydrogen-bond acceptors (Lipinski definition) is 4. The van der Waals surface area contributed by atoms with Crippen LogP contribution in [0.25, 0.3) is 0 Å². The van der Waals surface area contributed by atoms with Gasteiger partial charge in [-0.05, 0) is 41.8 Å². The van der Waals surface area contributed by atoms with E-state index < -0.39 is 20.7 Å². The number of aliphatic hydroxyl groups excluding tert-OH is 1. The minimum Gasteiger partial charge on any atom is -0.392 e. The summed E-state index contributed by atoms with van der Waals surface area (Å²) in [6.07, 6.45) is 3.19. The van der Waals surface area contributed by atoms with E-state index in [1.807, 2.05) is 6.92 Å². The number of aromatic nitrogens is 1. The van der Waals surface area contributed by atoms with E-state index in [1.165, 1.54) is 6.07 Å². The van der Waals surface area contributed by atoms with Crippen molar-refractivity contribution in [2.45, 2.75) is 25.0 Å². The van der Waals surface area contributed by atoms with E-state index in [0.717, 1.165) is 23.3 Å². The summed E-state index contributed by atoms with van der Waals surface area (Å²) in [4.78, 5) is 3.48. The first-order valence-corrected chi connectivity index (χ1v) is 7.71. The average Bonchev–Trinajstić information content (AvgIpc) is 2.46. The summed E-state index contributed by atoms with van der Waals surface area (Å²) in [6.45, 7) is 1.52. The number of sulfonamides is 1. The van der Waals surface area contributed by atoms with Crippen LogP contribution in [0.1, 0.15) is 16.7 Å². The van der Waals surface area contributed by atoms with Gasteiger partial charge in [0.1, 0.15) is 10.7 Å². The molecule has 0 saturated carbocycles. The monoisotopic (exact) mass is 310 g/mol. The largest absolute Gasteiger partial charge is 0.392 e. The van der Waals surface area contributed by atoms with Crippen LogP contribution in [-0.4, -0.2) is 18.5 Å². The molecule has 112 valence electrons. The number of hydrogen-bond donors (Lipinski definition) is 2. The zero-order valence-electron chi connectivity index (χ0n) is 11.4. The molecule has 0 aliphatic rings. The molecule has 0 aliphatic carbocycles. The van der Waals surface area contributed by atoms with Crippen LogP contribution in [0.15, 0.2) is 41.6 Å². The summed E-state index contributed by atoms with van der Waals surface area (Å²) < 4.78 is 40.4. The number of nitrogens with zero attached hydrogens (tertiary/aromatic N) is 1. The zero-order valence-corrected chi connectivity index (χ0v) is 12.2. The van der Waals surface area contributed by atoms with Gasteiger partial charge in [0.25, 0.3) is 0 Å². The topological polar surface area (TPSA) is 79.3 Å². The molecule has 0 unspecified atom stereocenters. The SMILES string of the molecule is Cc1cnccc1CNS(=O)(=O)c1ccc(CO)cc1F. The molecule has 2 aromatic rings. The number of benzene rings is 1. The Bertz CT molecular complexity index is 748. The molecule has 5 nitrogen and oxygen atoms in total. The highest BCUT2D eigenvalue weighted by molar-refractivity contribution is 7.89. The Balaban J connectivity index is 2.21. The van der Waals surface area contributed by atoms with E-state index in [4.69, 9.17) is 5.11 Å². The Morgan fingerprint density at radius 2 is 2.10 bits per heavy atom. The van der Waals surface area contributed by atoms with Crippen LogP contribution in [0.2, 0.25) is 0 Å². The summed E-state index contributed by atoms with van der Waals surface area (Å²) in [5.74, 6) is -0.888. The van der Waals surface area contributed by atoms with Crippen LogP contribution in [-0.2, 0) is 23.2 Å². The predicted molar refractivity (Wildman–Crippen MR) is 75.3 cm³/mol. The third-order valence-electron chi connectivity index (χ3n) is 3.06. The summed E-state index contributed by atoms with van der Waals surface area (Å²) in [5.41, 5.74) is 1.92. The van der Waals surface area contributed by atoms with Crippen LogP contribution < -0.4 is 4.72 Å². The van der Waals surface area contributed by atoms with Gasteiger partial charge >= 0.3 is 0 Å². The Morgan fingerprint density at radius 1 is 1.33 bits per heavy atom. The van der Waals surface area contributed by atoms with Gasteiger partial charge in [0.15, 0.2) is 0 Å². The van der Waals surface area contributed by atoms with E-state index in [9.17, 15) is 12.8 Å². The maximum absolute atomic E-state index is 13.8. The van der Waals surface area contributed by atoms with Crippen molar-refractivity contribution in [3.63, 3.8) is 0 Å². The van der Waals surface area contributed by atoms with Crippen LogP contribution in [0.5, 0.6) is 0 Å². The third kappa shape index (κ3) is 3.63. The summed E-state index contributed by atoms with van der Waals surface area (Å²) in [7, 11) is -3.96. The molecule has 2 N–H and O–H groups in total. The highest BCUT2D eigenvalue weighted by atomic mass is 32.2. The maximum atomic E-state index is 13.8. The lowest BCUT2D eigenvalue weighted by Crippen LogP contribution is -2.24. The van der Waals surface area contributed by atoms with Crippen LogP contribution in [0, 0.1) is 12.7 Å². The Hall–Kier alpha value is -1.83. The fraction of sp³-hybridized carbons (Fsp3) is 0.214. The minimum atomic E-state index is -3.96. The third-order valence-corrected chi connectivity index (χ3v) is 4.49. The molecule has 0 aliphatic heterocycles. The van der Waals surface area contributed by atoms with Crippen molar-refractivity contribution in [3.8, 4) is 0 Å². The van der Waals surface area contributed by atoms with Gasteiger partial charge < -0.3 is 5.11 Å². The Morgan fingerprint density at radius 3 is 2.71 bits per heavy atom. The number of aliphatic hydroxyl groups is 1. The molecule has 1 aromatic heterocycles. The first-order chi connectivity index (χ1) is 9.94. The summed E-state index contributed by atoms with van der Waals surface area (Å²) in [5, 5.41) is 8.90. The minimum absolute atomic E-state index is 0.0535. The van der Waals surface area contributed by atoms with E-state index >= 15 is 0 Å². The van der Waals surface area contributed by atoms with E-state index in [1.54, 1.807) is 18.5 Å². The van der Waals surface area contributed by atoms with Gasteiger partial charge in [-0.3, -0.25) is 4.98 Å². The van der Waals surface area contributed by atoms with Crippen molar-refractivity contribution in [2.75, 3.05) is 0 Å². The number of nitrogens with one attached hydrogen (secondary N) is 1. The van der Waals surface area contributed by atoms with Gasteiger partial charge in [-0.25, -0.2) is 17.5 Å². The molecule has 0 bridgehead atoms. The molecule has 0 atom stereocenters. The van der Waals surface area contributed by atoms with Crippen LogP contribution in [0.4, 0.5) is 4.39 Å². The molecule has 0 radical (unpaired) electrons. The van der Waals surface area contributed by atoms with Crippen molar-refractivity contribution in [2.24, 2.45) is 0 Å². The van der Waals surface area contributed by atoms with Gasteiger partial charge in [0.05, 0.1) is 6.61 Å². The Kier molecular flexibility index (Phi) is 4.66. The second kappa shape index (κ2) is 6.30. The number of rotatable bonds is 5. The van der Waals surface area contributed by atoms with Gasteiger partial charge in [0.2, 0.25) is 10.0 Å². The lowest BCUT2D eigenvalue weighted by Gasteiger charge is -2.10. The molecule has 0 saturated heterocycles. The lowest BCUT2D eigenvalue weighted by molar-refractivity contribution is 0.281. The highest BCUT2D eigenvalue weighted by Gasteiger charge is 2.19. The van der Waals surface area contributed by atoms with Gasteiger partial charge in [-0.15, -0.1) is 0 Å². The van der Waals surface area contributed by atoms with Crippen molar-refractivity contribution < 1.29 is 17.9 Å². The molecule has 1 aromatic carbocycles. The summed E-state index contributed by atoms with van der Waals surface area (Å²) >= 11 is 0. The van der Waals surface area contributed by atoms with E-state index in [-0.39, 0.29) is 13.2 Å². The Labute approximate surface area is 122 Å². The maximum Gasteiger partial charge on any atom is 0.243 e. The van der Waals surface area contributed by atoms with Crippen LogP contribution >= 0.6 is 0 Å². The molecular formula is C14H15FN2O3S. The smallest absolute Gasteiger partial charge is 0.243 e. The fourth-order valence-electron chi connectivity index (χ4n) is 1.81. The second-order valence-electron chi connectivity index (χ2n) is 4.55. The molecule has 7 heteroatoms. The molecule has 2 rings (SSSR count). The van der Waals surface area contributed by atoms with Gasteiger partial charge in [-0.1, -0.05) is 6.07 Å². The molecule has 21 heavy (non-hydrogen) atoms. The molecule has 0 fully saturated rings.